The third-order valence-corrected chi connectivity index (χ3v) is 7.84. The third-order valence-electron chi connectivity index (χ3n) is 7.84. The minimum absolute atomic E-state index is 0.162. The van der Waals surface area contributed by atoms with Crippen LogP contribution in [0.5, 0.6) is 5.75 Å². The summed E-state index contributed by atoms with van der Waals surface area (Å²) in [7, 11) is 1.66. The largest absolute Gasteiger partial charge is 0.497 e. The first-order valence-corrected chi connectivity index (χ1v) is 13.6. The van der Waals surface area contributed by atoms with Gasteiger partial charge in [-0.15, -0.1) is 0 Å². The van der Waals surface area contributed by atoms with Crippen molar-refractivity contribution in [2.24, 2.45) is 0 Å². The van der Waals surface area contributed by atoms with Crippen LogP contribution in [0.3, 0.4) is 0 Å². The standard InChI is InChI=1S/C33H33N5O2/c1-5-28-27-21-37(33(39)34-29-14-9-11-22(2)23(29)3)31(24-16-18-26(40-4)19-17-24)30-15-10-20-36(30)32(27)38(35-28)25-12-7-6-8-13-25/h6-20,31H,5,21H2,1-4H3,(H,34,39)/t31-/m0/s1. The molecule has 0 spiro atoms. The number of hydrogen-bond donors (Lipinski definition) is 1. The van der Waals surface area contributed by atoms with E-state index in [0.717, 1.165) is 63.0 Å². The molecule has 2 aromatic heterocycles. The van der Waals surface area contributed by atoms with Crippen molar-refractivity contribution < 1.29 is 9.53 Å². The summed E-state index contributed by atoms with van der Waals surface area (Å²) in [6, 6.07) is 27.8. The lowest BCUT2D eigenvalue weighted by Gasteiger charge is -2.31. The molecule has 1 atom stereocenters. The van der Waals surface area contributed by atoms with E-state index in [1.54, 1.807) is 7.11 Å². The lowest BCUT2D eigenvalue weighted by molar-refractivity contribution is 0.194. The molecule has 3 aromatic carbocycles. The Morgan fingerprint density at radius 2 is 1.75 bits per heavy atom. The fourth-order valence-corrected chi connectivity index (χ4v) is 5.56. The summed E-state index contributed by atoms with van der Waals surface area (Å²) >= 11 is 0. The molecule has 0 bridgehead atoms. The highest BCUT2D eigenvalue weighted by Crippen LogP contribution is 2.39. The number of aromatic nitrogens is 3. The molecule has 1 aliphatic rings. The molecular formula is C33H33N5O2. The van der Waals surface area contributed by atoms with Gasteiger partial charge in [-0.1, -0.05) is 49.4 Å². The van der Waals surface area contributed by atoms with Crippen molar-refractivity contribution in [1.29, 1.82) is 0 Å². The second-order valence-corrected chi connectivity index (χ2v) is 10.1. The van der Waals surface area contributed by atoms with Crippen LogP contribution in [0.15, 0.2) is 91.1 Å². The molecule has 7 heteroatoms. The molecule has 1 N–H and O–H groups in total. The molecule has 0 radical (unpaired) electrons. The van der Waals surface area contributed by atoms with Gasteiger partial charge in [0.25, 0.3) is 0 Å². The summed E-state index contributed by atoms with van der Waals surface area (Å²) in [4.78, 5) is 16.2. The quantitative estimate of drug-likeness (QED) is 0.266. The van der Waals surface area contributed by atoms with E-state index in [4.69, 9.17) is 9.84 Å². The molecule has 0 fully saturated rings. The van der Waals surface area contributed by atoms with Gasteiger partial charge in [-0.05, 0) is 79.4 Å². The fourth-order valence-electron chi connectivity index (χ4n) is 5.56. The van der Waals surface area contributed by atoms with Gasteiger partial charge in [0.2, 0.25) is 0 Å². The number of urea groups is 1. The Labute approximate surface area is 234 Å². The minimum Gasteiger partial charge on any atom is -0.497 e. The number of para-hydroxylation sites is 1. The summed E-state index contributed by atoms with van der Waals surface area (Å²) in [5, 5.41) is 8.27. The van der Waals surface area contributed by atoms with Gasteiger partial charge in [0, 0.05) is 17.4 Å². The molecule has 202 valence electrons. The van der Waals surface area contributed by atoms with Crippen LogP contribution in [0.1, 0.15) is 46.6 Å². The highest BCUT2D eigenvalue weighted by Gasteiger charge is 2.36. The van der Waals surface area contributed by atoms with E-state index in [1.807, 2.05) is 77.2 Å². The Morgan fingerprint density at radius 3 is 2.48 bits per heavy atom. The monoisotopic (exact) mass is 531 g/mol. The highest BCUT2D eigenvalue weighted by molar-refractivity contribution is 5.91. The van der Waals surface area contributed by atoms with Gasteiger partial charge < -0.3 is 19.5 Å². The summed E-state index contributed by atoms with van der Waals surface area (Å²) in [6.07, 6.45) is 2.82. The maximum absolute atomic E-state index is 14.3. The predicted molar refractivity (Wildman–Crippen MR) is 158 cm³/mol. The van der Waals surface area contributed by atoms with E-state index in [0.29, 0.717) is 6.54 Å². The molecule has 1 aliphatic heterocycles. The minimum atomic E-state index is -0.340. The number of nitrogens with zero attached hydrogens (tertiary/aromatic N) is 4. The number of rotatable bonds is 5. The molecule has 5 aromatic rings. The van der Waals surface area contributed by atoms with Crippen molar-refractivity contribution in [2.75, 3.05) is 12.4 Å². The lowest BCUT2D eigenvalue weighted by atomic mass is 10.0. The smallest absolute Gasteiger partial charge is 0.322 e. The topological polar surface area (TPSA) is 64.3 Å². The zero-order valence-corrected chi connectivity index (χ0v) is 23.3. The van der Waals surface area contributed by atoms with Gasteiger partial charge in [-0.25, -0.2) is 9.48 Å². The number of nitrogens with one attached hydrogen (secondary N) is 1. The molecule has 3 heterocycles. The molecular weight excluding hydrogens is 498 g/mol. The number of methoxy groups -OCH3 is 1. The zero-order valence-electron chi connectivity index (χ0n) is 23.3. The summed E-state index contributed by atoms with van der Waals surface area (Å²) in [5.41, 5.74) is 7.98. The second kappa shape index (κ2) is 10.4. The Morgan fingerprint density at radius 1 is 0.975 bits per heavy atom. The number of ether oxygens (including phenoxy) is 1. The third kappa shape index (κ3) is 4.33. The van der Waals surface area contributed by atoms with Crippen LogP contribution >= 0.6 is 0 Å². The second-order valence-electron chi connectivity index (χ2n) is 10.1. The molecule has 0 aliphatic carbocycles. The Balaban J connectivity index is 1.55. The average Bonchev–Trinajstić information content (AvgIpc) is 3.57. The van der Waals surface area contributed by atoms with Crippen LogP contribution in [0, 0.1) is 13.8 Å². The average molecular weight is 532 g/mol. The maximum atomic E-state index is 14.3. The Kier molecular flexibility index (Phi) is 6.64. The van der Waals surface area contributed by atoms with Crippen LogP contribution in [0.25, 0.3) is 11.5 Å². The van der Waals surface area contributed by atoms with Crippen molar-refractivity contribution >= 4 is 11.7 Å². The zero-order chi connectivity index (χ0) is 27.8. The van der Waals surface area contributed by atoms with Crippen molar-refractivity contribution in [2.45, 2.75) is 39.8 Å². The van der Waals surface area contributed by atoms with Gasteiger partial charge in [-0.2, -0.15) is 5.10 Å². The van der Waals surface area contributed by atoms with Crippen molar-refractivity contribution in [3.63, 3.8) is 0 Å². The van der Waals surface area contributed by atoms with Gasteiger partial charge in [0.15, 0.2) is 0 Å². The first-order valence-electron chi connectivity index (χ1n) is 13.6. The number of benzene rings is 3. The molecule has 2 amide bonds. The summed E-state index contributed by atoms with van der Waals surface area (Å²) in [5.74, 6) is 1.74. The normalized spacial score (nSPS) is 14.3. The molecule has 0 saturated carbocycles. The van der Waals surface area contributed by atoms with E-state index >= 15 is 0 Å². The van der Waals surface area contributed by atoms with E-state index in [9.17, 15) is 4.79 Å². The van der Waals surface area contributed by atoms with E-state index in [2.05, 4.69) is 54.2 Å². The van der Waals surface area contributed by atoms with Crippen LogP contribution in [-0.2, 0) is 13.0 Å². The first kappa shape index (κ1) is 25.5. The Bertz CT molecular complexity index is 1670. The number of anilines is 1. The van der Waals surface area contributed by atoms with Gasteiger partial charge in [0.1, 0.15) is 11.6 Å². The van der Waals surface area contributed by atoms with E-state index < -0.39 is 0 Å². The number of amides is 2. The first-order chi connectivity index (χ1) is 19.5. The van der Waals surface area contributed by atoms with E-state index in [1.165, 1.54) is 0 Å². The summed E-state index contributed by atoms with van der Waals surface area (Å²) < 4.78 is 9.63. The van der Waals surface area contributed by atoms with Gasteiger partial charge in [-0.3, -0.25) is 0 Å². The number of fused-ring (bicyclic) bond motifs is 3. The van der Waals surface area contributed by atoms with Crippen molar-refractivity contribution in [3.05, 3.63) is 125 Å². The van der Waals surface area contributed by atoms with Crippen molar-refractivity contribution in [1.82, 2.24) is 19.2 Å². The van der Waals surface area contributed by atoms with Crippen LogP contribution in [0.2, 0.25) is 0 Å². The fraction of sp³-hybridized carbons (Fsp3) is 0.212. The van der Waals surface area contributed by atoms with Crippen LogP contribution in [0.4, 0.5) is 10.5 Å². The molecule has 6 rings (SSSR count). The maximum Gasteiger partial charge on any atom is 0.322 e. The number of aryl methyl sites for hydroxylation is 2. The number of carbonyl (C=O) groups is 1. The van der Waals surface area contributed by atoms with Crippen LogP contribution in [-0.4, -0.2) is 32.4 Å². The van der Waals surface area contributed by atoms with Crippen LogP contribution < -0.4 is 10.1 Å². The lowest BCUT2D eigenvalue weighted by Crippen LogP contribution is -2.38. The predicted octanol–water partition coefficient (Wildman–Crippen LogP) is 6.99. The van der Waals surface area contributed by atoms with Gasteiger partial charge >= 0.3 is 6.03 Å². The molecule has 7 nitrogen and oxygen atoms in total. The summed E-state index contributed by atoms with van der Waals surface area (Å²) in [6.45, 7) is 6.61. The van der Waals surface area contributed by atoms with Crippen molar-refractivity contribution in [3.8, 4) is 17.3 Å². The highest BCUT2D eigenvalue weighted by atomic mass is 16.5. The van der Waals surface area contributed by atoms with E-state index in [-0.39, 0.29) is 12.1 Å². The number of hydrogen-bond acceptors (Lipinski definition) is 3. The molecule has 0 saturated heterocycles. The Hall–Kier alpha value is -4.78. The van der Waals surface area contributed by atoms with Gasteiger partial charge in [0.05, 0.1) is 36.8 Å². The number of carbonyl (C=O) groups excluding carboxylic acids is 1. The molecule has 40 heavy (non-hydrogen) atoms. The molecule has 0 unspecified atom stereocenters. The SMILES string of the molecule is CCc1nn(-c2ccccc2)c2c1CN(C(=O)Nc1cccc(C)c1C)[C@@H](c1ccc(OC)cc1)c1cccn1-2.